The van der Waals surface area contributed by atoms with Gasteiger partial charge in [-0.25, -0.2) is 13.1 Å². The zero-order valence-corrected chi connectivity index (χ0v) is 18.5. The number of ether oxygens (including phenoxy) is 1. The highest BCUT2D eigenvalue weighted by molar-refractivity contribution is 9.10. The van der Waals surface area contributed by atoms with Gasteiger partial charge in [-0.15, -0.1) is 0 Å². The molecule has 9 heteroatoms. The number of amides is 1. The van der Waals surface area contributed by atoms with E-state index >= 15 is 0 Å². The number of methoxy groups -OCH3 is 1. The second-order valence-electron chi connectivity index (χ2n) is 6.88. The Kier molecular flexibility index (Phi) is 7.28. The summed E-state index contributed by atoms with van der Waals surface area (Å²) in [5.41, 5.74) is 0.769. The molecule has 0 bridgehead atoms. The fourth-order valence-electron chi connectivity index (χ4n) is 3.24. The second kappa shape index (κ2) is 9.71. The topological polar surface area (TPSA) is 87.7 Å². The summed E-state index contributed by atoms with van der Waals surface area (Å²) >= 11 is 3.32. The van der Waals surface area contributed by atoms with E-state index < -0.39 is 10.0 Å². The molecular weight excluding hydrogens is 458 g/mol. The van der Waals surface area contributed by atoms with Gasteiger partial charge in [0.25, 0.3) is 0 Å². The number of hydrogen-bond acceptors (Lipinski definition) is 5. The molecule has 29 heavy (non-hydrogen) atoms. The maximum atomic E-state index is 12.7. The molecule has 1 heterocycles. The van der Waals surface area contributed by atoms with Gasteiger partial charge < -0.3 is 10.1 Å². The van der Waals surface area contributed by atoms with Crippen molar-refractivity contribution in [3.8, 4) is 5.75 Å². The van der Waals surface area contributed by atoms with Crippen molar-refractivity contribution < 1.29 is 17.9 Å². The van der Waals surface area contributed by atoms with Crippen LogP contribution in [0.1, 0.15) is 12.8 Å². The molecule has 7 nitrogen and oxygen atoms in total. The SMILES string of the molecule is COc1ccc(S(=O)(=O)NC2CCN(CC(=O)Nc3ccccc3)CC2)cc1Br. The summed E-state index contributed by atoms with van der Waals surface area (Å²) in [5.74, 6) is 0.504. The summed E-state index contributed by atoms with van der Waals surface area (Å²) in [7, 11) is -2.09. The van der Waals surface area contributed by atoms with Crippen LogP contribution in [0, 0.1) is 0 Å². The van der Waals surface area contributed by atoms with Crippen molar-refractivity contribution >= 4 is 37.5 Å². The number of halogens is 1. The Hall–Kier alpha value is -1.94. The fraction of sp³-hybridized carbons (Fsp3) is 0.350. The van der Waals surface area contributed by atoms with Crippen LogP contribution in [0.15, 0.2) is 57.9 Å². The lowest BCUT2D eigenvalue weighted by atomic mass is 10.1. The predicted octanol–water partition coefficient (Wildman–Crippen LogP) is 2.84. The third-order valence-corrected chi connectivity index (χ3v) is 6.91. The van der Waals surface area contributed by atoms with Gasteiger partial charge in [0.05, 0.1) is 23.0 Å². The minimum absolute atomic E-state index is 0.0710. The highest BCUT2D eigenvalue weighted by Crippen LogP contribution is 2.27. The van der Waals surface area contributed by atoms with E-state index in [1.165, 1.54) is 19.2 Å². The van der Waals surface area contributed by atoms with Gasteiger partial charge in [-0.1, -0.05) is 18.2 Å². The summed E-state index contributed by atoms with van der Waals surface area (Å²) < 4.78 is 33.8. The average molecular weight is 482 g/mol. The maximum absolute atomic E-state index is 12.7. The van der Waals surface area contributed by atoms with E-state index in [9.17, 15) is 13.2 Å². The number of anilines is 1. The van der Waals surface area contributed by atoms with E-state index in [0.29, 0.717) is 42.7 Å². The van der Waals surface area contributed by atoms with E-state index in [1.807, 2.05) is 35.2 Å². The Balaban J connectivity index is 1.50. The average Bonchev–Trinajstić information content (AvgIpc) is 2.70. The Morgan fingerprint density at radius 3 is 2.48 bits per heavy atom. The molecule has 0 saturated carbocycles. The first-order chi connectivity index (χ1) is 13.9. The molecule has 1 aliphatic heterocycles. The van der Waals surface area contributed by atoms with Gasteiger partial charge in [-0.2, -0.15) is 0 Å². The first-order valence-corrected chi connectivity index (χ1v) is 11.6. The van der Waals surface area contributed by atoms with Gasteiger partial charge in [0.2, 0.25) is 15.9 Å². The maximum Gasteiger partial charge on any atom is 0.240 e. The first-order valence-electron chi connectivity index (χ1n) is 9.30. The lowest BCUT2D eigenvalue weighted by Gasteiger charge is -2.31. The normalized spacial score (nSPS) is 15.8. The van der Waals surface area contributed by atoms with Crippen molar-refractivity contribution in [1.29, 1.82) is 0 Å². The molecule has 1 aliphatic rings. The molecule has 156 valence electrons. The molecule has 0 aliphatic carbocycles. The van der Waals surface area contributed by atoms with Gasteiger partial charge in [0, 0.05) is 24.8 Å². The molecule has 0 spiro atoms. The lowest BCUT2D eigenvalue weighted by Crippen LogP contribution is -2.46. The zero-order valence-electron chi connectivity index (χ0n) is 16.1. The molecule has 0 radical (unpaired) electrons. The molecule has 1 amide bonds. The lowest BCUT2D eigenvalue weighted by molar-refractivity contribution is -0.117. The largest absolute Gasteiger partial charge is 0.496 e. The van der Waals surface area contributed by atoms with Crippen molar-refractivity contribution in [1.82, 2.24) is 9.62 Å². The summed E-state index contributed by atoms with van der Waals surface area (Å²) in [6.45, 7) is 1.60. The van der Waals surface area contributed by atoms with Crippen LogP contribution in [-0.4, -0.2) is 52.0 Å². The zero-order chi connectivity index (χ0) is 20.9. The van der Waals surface area contributed by atoms with Gasteiger partial charge in [-0.3, -0.25) is 9.69 Å². The number of carbonyl (C=O) groups is 1. The van der Waals surface area contributed by atoms with E-state index in [4.69, 9.17) is 4.74 Å². The Morgan fingerprint density at radius 1 is 1.17 bits per heavy atom. The number of sulfonamides is 1. The highest BCUT2D eigenvalue weighted by Gasteiger charge is 2.26. The summed E-state index contributed by atoms with van der Waals surface area (Å²) in [4.78, 5) is 14.4. The monoisotopic (exact) mass is 481 g/mol. The number of benzene rings is 2. The molecule has 2 aromatic carbocycles. The number of nitrogens with one attached hydrogen (secondary N) is 2. The number of rotatable bonds is 7. The van der Waals surface area contributed by atoms with Crippen molar-refractivity contribution in [3.05, 3.63) is 53.0 Å². The van der Waals surface area contributed by atoms with Crippen LogP contribution in [0.4, 0.5) is 5.69 Å². The number of para-hydroxylation sites is 1. The quantitative estimate of drug-likeness (QED) is 0.634. The standard InChI is InChI=1S/C20H24BrN3O4S/c1-28-19-8-7-17(13-18(19)21)29(26,27)23-16-9-11-24(12-10-16)14-20(25)22-15-5-3-2-4-6-15/h2-8,13,16,23H,9-12,14H2,1H3,(H,22,25). The van der Waals surface area contributed by atoms with Gasteiger partial charge in [-0.05, 0) is 59.1 Å². The molecule has 2 aromatic rings. The number of nitrogens with zero attached hydrogens (tertiary/aromatic N) is 1. The first kappa shape index (κ1) is 21.8. The van der Waals surface area contributed by atoms with Crippen LogP contribution in [0.3, 0.4) is 0 Å². The fourth-order valence-corrected chi connectivity index (χ4v) is 5.26. The van der Waals surface area contributed by atoms with Crippen molar-refractivity contribution in [2.45, 2.75) is 23.8 Å². The number of likely N-dealkylation sites (tertiary alicyclic amines) is 1. The van der Waals surface area contributed by atoms with E-state index in [1.54, 1.807) is 6.07 Å². The summed E-state index contributed by atoms with van der Waals surface area (Å²) in [5, 5.41) is 2.87. The molecule has 0 aromatic heterocycles. The van der Waals surface area contributed by atoms with Gasteiger partial charge in [0.15, 0.2) is 0 Å². The Morgan fingerprint density at radius 2 is 1.86 bits per heavy atom. The highest BCUT2D eigenvalue weighted by atomic mass is 79.9. The van der Waals surface area contributed by atoms with Crippen LogP contribution in [-0.2, 0) is 14.8 Å². The van der Waals surface area contributed by atoms with Gasteiger partial charge >= 0.3 is 0 Å². The molecule has 1 fully saturated rings. The predicted molar refractivity (Wildman–Crippen MR) is 116 cm³/mol. The van der Waals surface area contributed by atoms with Gasteiger partial charge in [0.1, 0.15) is 5.75 Å². The summed E-state index contributed by atoms with van der Waals surface area (Å²) in [6, 6.07) is 13.8. The van der Waals surface area contributed by atoms with Crippen LogP contribution in [0.2, 0.25) is 0 Å². The van der Waals surface area contributed by atoms with E-state index in [0.717, 1.165) is 5.69 Å². The minimum atomic E-state index is -3.62. The van der Waals surface area contributed by atoms with E-state index in [2.05, 4.69) is 26.0 Å². The smallest absolute Gasteiger partial charge is 0.240 e. The van der Waals surface area contributed by atoms with Crippen molar-refractivity contribution in [2.24, 2.45) is 0 Å². The number of carbonyl (C=O) groups excluding carboxylic acids is 1. The van der Waals surface area contributed by atoms with E-state index in [-0.39, 0.29) is 16.8 Å². The molecule has 3 rings (SSSR count). The molecule has 2 N–H and O–H groups in total. The van der Waals surface area contributed by atoms with Crippen LogP contribution >= 0.6 is 15.9 Å². The molecule has 0 atom stereocenters. The molecular formula is C20H24BrN3O4S. The molecule has 0 unspecified atom stereocenters. The Labute approximate surface area is 179 Å². The summed E-state index contributed by atoms with van der Waals surface area (Å²) in [6.07, 6.45) is 1.30. The third kappa shape index (κ3) is 6.02. The third-order valence-electron chi connectivity index (χ3n) is 4.77. The van der Waals surface area contributed by atoms with Crippen molar-refractivity contribution in [2.75, 3.05) is 32.1 Å². The van der Waals surface area contributed by atoms with Crippen LogP contribution in [0.5, 0.6) is 5.75 Å². The van der Waals surface area contributed by atoms with Crippen molar-refractivity contribution in [3.63, 3.8) is 0 Å². The minimum Gasteiger partial charge on any atom is -0.496 e. The van der Waals surface area contributed by atoms with Crippen LogP contribution in [0.25, 0.3) is 0 Å². The molecule has 1 saturated heterocycles. The number of hydrogen-bond donors (Lipinski definition) is 2. The van der Waals surface area contributed by atoms with Crippen LogP contribution < -0.4 is 14.8 Å². The second-order valence-corrected chi connectivity index (χ2v) is 9.45. The Bertz CT molecular complexity index is 945. The number of piperidine rings is 1.